The van der Waals surface area contributed by atoms with Gasteiger partial charge < -0.3 is 10.8 Å². The standard InChI is InChI=1S/C10H9N3O3.C9H7BrN2O.C9H9N3O/c1-6(14)8-5-11-13-3-2-7(4-9(8)13)12-10(15)16;2*1-6(13)8-5-11-12-3-2-7(10)4-9(8)12/h2-5,12H,1H3,(H,15,16);2-5H,1H3;2-5H,10H2,1H3. The first-order valence-electron chi connectivity index (χ1n) is 12.3. The molecule has 6 heterocycles. The zero-order chi connectivity index (χ0) is 30.6. The lowest BCUT2D eigenvalue weighted by Gasteiger charge is -2.01. The van der Waals surface area contributed by atoms with Crippen molar-refractivity contribution >= 4 is 67.3 Å². The highest BCUT2D eigenvalue weighted by Gasteiger charge is 2.10. The van der Waals surface area contributed by atoms with Gasteiger partial charge in [-0.3, -0.25) is 19.7 Å². The maximum absolute atomic E-state index is 11.3. The molecule has 0 unspecified atom stereocenters. The Hall–Kier alpha value is -5.37. The van der Waals surface area contributed by atoms with Crippen molar-refractivity contribution in [3.63, 3.8) is 0 Å². The second-order valence-corrected chi connectivity index (χ2v) is 9.90. The second-order valence-electron chi connectivity index (χ2n) is 8.98. The van der Waals surface area contributed by atoms with Gasteiger partial charge in [0.25, 0.3) is 0 Å². The van der Waals surface area contributed by atoms with E-state index in [2.05, 4.69) is 36.5 Å². The SMILES string of the molecule is CC(=O)c1cnn2ccc(Br)cc12.CC(=O)c1cnn2ccc(N)cc12.CC(=O)c1cnn2ccc(NC(=O)O)cc12. The molecule has 6 rings (SSSR count). The highest BCUT2D eigenvalue weighted by molar-refractivity contribution is 9.10. The van der Waals surface area contributed by atoms with E-state index in [4.69, 9.17) is 10.8 Å². The summed E-state index contributed by atoms with van der Waals surface area (Å²) in [6, 6.07) is 10.4. The number of ketones is 3. The number of hydrogen-bond acceptors (Lipinski definition) is 8. The van der Waals surface area contributed by atoms with Crippen molar-refractivity contribution in [2.24, 2.45) is 0 Å². The lowest BCUT2D eigenvalue weighted by Crippen LogP contribution is -2.07. The Bertz CT molecular complexity index is 1880. The summed E-state index contributed by atoms with van der Waals surface area (Å²) in [6.45, 7) is 4.49. The van der Waals surface area contributed by atoms with E-state index in [1.165, 1.54) is 31.5 Å². The summed E-state index contributed by atoms with van der Waals surface area (Å²) in [6.07, 6.45) is 8.59. The van der Waals surface area contributed by atoms with Crippen LogP contribution in [0.1, 0.15) is 51.8 Å². The molecule has 42 heavy (non-hydrogen) atoms. The third-order valence-corrected chi connectivity index (χ3v) is 6.43. The molecule has 14 heteroatoms. The summed E-state index contributed by atoms with van der Waals surface area (Å²) in [5.74, 6) is -0.0730. The minimum atomic E-state index is -1.15. The van der Waals surface area contributed by atoms with Crippen LogP contribution in [0.25, 0.3) is 16.6 Å². The molecule has 13 nitrogen and oxygen atoms in total. The zero-order valence-electron chi connectivity index (χ0n) is 22.6. The molecule has 6 aromatic rings. The molecular formula is C28H25BrN8O5. The number of rotatable bonds is 4. The van der Waals surface area contributed by atoms with Crippen molar-refractivity contribution in [2.45, 2.75) is 20.8 Å². The van der Waals surface area contributed by atoms with Crippen LogP contribution in [0.4, 0.5) is 16.2 Å². The molecule has 0 saturated heterocycles. The van der Waals surface area contributed by atoms with Crippen molar-refractivity contribution in [1.82, 2.24) is 28.8 Å². The highest BCUT2D eigenvalue weighted by Crippen LogP contribution is 2.18. The van der Waals surface area contributed by atoms with E-state index in [9.17, 15) is 19.2 Å². The number of nitrogens with zero attached hydrogens (tertiary/aromatic N) is 6. The van der Waals surface area contributed by atoms with Crippen LogP contribution in [-0.4, -0.2) is 57.4 Å². The predicted octanol–water partition coefficient (Wildman–Crippen LogP) is 5.05. The lowest BCUT2D eigenvalue weighted by molar-refractivity contribution is 0.101. The lowest BCUT2D eigenvalue weighted by atomic mass is 10.2. The van der Waals surface area contributed by atoms with E-state index in [-0.39, 0.29) is 17.3 Å². The van der Waals surface area contributed by atoms with Gasteiger partial charge in [-0.05, 0) is 57.2 Å². The molecular weight excluding hydrogens is 608 g/mol. The van der Waals surface area contributed by atoms with E-state index < -0.39 is 6.09 Å². The Morgan fingerprint density at radius 3 is 1.62 bits per heavy atom. The first-order chi connectivity index (χ1) is 19.9. The van der Waals surface area contributed by atoms with E-state index in [0.29, 0.717) is 33.6 Å². The molecule has 0 atom stereocenters. The molecule has 4 N–H and O–H groups in total. The summed E-state index contributed by atoms with van der Waals surface area (Å²) >= 11 is 3.35. The summed E-state index contributed by atoms with van der Waals surface area (Å²) in [5.41, 5.74) is 10.5. The normalized spacial score (nSPS) is 10.5. The van der Waals surface area contributed by atoms with Crippen LogP contribution in [-0.2, 0) is 0 Å². The van der Waals surface area contributed by atoms with Gasteiger partial charge in [-0.15, -0.1) is 0 Å². The van der Waals surface area contributed by atoms with Gasteiger partial charge in [0.1, 0.15) is 0 Å². The van der Waals surface area contributed by atoms with Gasteiger partial charge in [-0.2, -0.15) is 15.3 Å². The van der Waals surface area contributed by atoms with E-state index in [1.54, 1.807) is 58.1 Å². The first kappa shape index (κ1) is 29.6. The van der Waals surface area contributed by atoms with Crippen LogP contribution in [0.15, 0.2) is 78.1 Å². The van der Waals surface area contributed by atoms with Crippen molar-refractivity contribution in [1.29, 1.82) is 0 Å². The second kappa shape index (κ2) is 12.4. The molecule has 0 radical (unpaired) electrons. The van der Waals surface area contributed by atoms with Gasteiger partial charge in [0.2, 0.25) is 0 Å². The van der Waals surface area contributed by atoms with Crippen LogP contribution in [0.5, 0.6) is 0 Å². The number of halogens is 1. The van der Waals surface area contributed by atoms with E-state index >= 15 is 0 Å². The van der Waals surface area contributed by atoms with Crippen molar-refractivity contribution in [3.8, 4) is 0 Å². The number of anilines is 2. The third-order valence-electron chi connectivity index (χ3n) is 5.94. The van der Waals surface area contributed by atoms with Crippen LogP contribution in [0, 0.1) is 0 Å². The average molecular weight is 633 g/mol. The van der Waals surface area contributed by atoms with Crippen molar-refractivity contribution < 1.29 is 24.3 Å². The van der Waals surface area contributed by atoms with Crippen molar-refractivity contribution in [3.05, 3.63) is 94.7 Å². The molecule has 0 aliphatic heterocycles. The van der Waals surface area contributed by atoms with Gasteiger partial charge in [-0.1, -0.05) is 15.9 Å². The molecule has 1 amide bonds. The number of amides is 1. The molecule has 0 aromatic carbocycles. The maximum atomic E-state index is 11.3. The summed E-state index contributed by atoms with van der Waals surface area (Å²) < 4.78 is 5.78. The minimum Gasteiger partial charge on any atom is -0.465 e. The fourth-order valence-electron chi connectivity index (χ4n) is 3.95. The maximum Gasteiger partial charge on any atom is 0.409 e. The number of nitrogens with two attached hydrogens (primary N) is 1. The Labute approximate surface area is 246 Å². The van der Waals surface area contributed by atoms with Gasteiger partial charge >= 0.3 is 6.09 Å². The number of carbonyl (C=O) groups is 4. The third kappa shape index (κ3) is 6.67. The number of hydrogen-bond donors (Lipinski definition) is 3. The molecule has 0 aliphatic rings. The number of fused-ring (bicyclic) bond motifs is 3. The minimum absolute atomic E-state index is 0.000556. The smallest absolute Gasteiger partial charge is 0.409 e. The van der Waals surface area contributed by atoms with Crippen LogP contribution >= 0.6 is 15.9 Å². The van der Waals surface area contributed by atoms with Gasteiger partial charge in [-0.25, -0.2) is 18.3 Å². The summed E-state index contributed by atoms with van der Waals surface area (Å²) in [5, 5.41) is 22.8. The van der Waals surface area contributed by atoms with E-state index in [1.807, 2.05) is 18.3 Å². The zero-order valence-corrected chi connectivity index (χ0v) is 24.2. The highest BCUT2D eigenvalue weighted by atomic mass is 79.9. The topological polar surface area (TPSA) is 178 Å². The van der Waals surface area contributed by atoms with Gasteiger partial charge in [0, 0.05) is 34.4 Å². The summed E-state index contributed by atoms with van der Waals surface area (Å²) in [4.78, 5) is 44.0. The number of aromatic nitrogens is 6. The summed E-state index contributed by atoms with van der Waals surface area (Å²) in [7, 11) is 0. The Morgan fingerprint density at radius 1 is 0.714 bits per heavy atom. The molecule has 0 bridgehead atoms. The Morgan fingerprint density at radius 2 is 1.14 bits per heavy atom. The fraction of sp³-hybridized carbons (Fsp3) is 0.107. The average Bonchev–Trinajstić information content (AvgIpc) is 3.65. The van der Waals surface area contributed by atoms with Crippen LogP contribution in [0.3, 0.4) is 0 Å². The molecule has 6 aromatic heterocycles. The molecule has 0 fully saturated rings. The first-order valence-corrected chi connectivity index (χ1v) is 13.1. The largest absolute Gasteiger partial charge is 0.465 e. The van der Waals surface area contributed by atoms with Gasteiger partial charge in [0.15, 0.2) is 17.3 Å². The monoisotopic (exact) mass is 632 g/mol. The number of carboxylic acid groups (broad SMARTS) is 1. The molecule has 0 aliphatic carbocycles. The molecule has 214 valence electrons. The number of carbonyl (C=O) groups excluding carboxylic acids is 3. The van der Waals surface area contributed by atoms with Crippen LogP contribution in [0.2, 0.25) is 0 Å². The Balaban J connectivity index is 0.000000146. The number of pyridine rings is 3. The quantitative estimate of drug-likeness (QED) is 0.224. The number of nitrogen functional groups attached to an aromatic ring is 1. The molecule has 0 saturated carbocycles. The molecule has 0 spiro atoms. The fourth-order valence-corrected chi connectivity index (χ4v) is 4.28. The number of Topliss-reactive ketones (excluding diaryl/α,β-unsaturated/α-hetero) is 3. The predicted molar refractivity (Wildman–Crippen MR) is 159 cm³/mol. The van der Waals surface area contributed by atoms with Crippen molar-refractivity contribution in [2.75, 3.05) is 11.1 Å². The van der Waals surface area contributed by atoms with Crippen LogP contribution < -0.4 is 11.1 Å². The Kier molecular flexibility index (Phi) is 8.76. The number of nitrogens with one attached hydrogen (secondary N) is 1. The van der Waals surface area contributed by atoms with Gasteiger partial charge in [0.05, 0.1) is 51.8 Å². The van der Waals surface area contributed by atoms with E-state index in [0.717, 1.165) is 15.5 Å².